The summed E-state index contributed by atoms with van der Waals surface area (Å²) < 4.78 is 62.0. The van der Waals surface area contributed by atoms with Crippen LogP contribution >= 0.6 is 0 Å². The van der Waals surface area contributed by atoms with Crippen LogP contribution in [0, 0.1) is 0 Å². The molecule has 0 unspecified atom stereocenters. The maximum atomic E-state index is 12.8. The van der Waals surface area contributed by atoms with Gasteiger partial charge < -0.3 is 9.15 Å². The molecule has 0 atom stereocenters. The number of methoxy groups -OCH3 is 1. The van der Waals surface area contributed by atoms with E-state index in [4.69, 9.17) is 9.15 Å². The Morgan fingerprint density at radius 2 is 1.53 bits per heavy atom. The van der Waals surface area contributed by atoms with Crippen LogP contribution in [-0.4, -0.2) is 46.6 Å². The summed E-state index contributed by atoms with van der Waals surface area (Å²) in [6.07, 6.45) is 1.41. The van der Waals surface area contributed by atoms with Gasteiger partial charge in [0.25, 0.3) is 0 Å². The van der Waals surface area contributed by atoms with E-state index in [1.54, 1.807) is 43.5 Å². The summed E-state index contributed by atoms with van der Waals surface area (Å²) in [6.45, 7) is -0.1000. The van der Waals surface area contributed by atoms with Gasteiger partial charge in [-0.25, -0.2) is 16.8 Å². The molecule has 1 aliphatic heterocycles. The fraction of sp³-hybridized carbons (Fsp3) is 0.238. The third-order valence-electron chi connectivity index (χ3n) is 5.16. The predicted octanol–water partition coefficient (Wildman–Crippen LogP) is 2.94. The van der Waals surface area contributed by atoms with Gasteiger partial charge in [0.1, 0.15) is 17.3 Å². The summed E-state index contributed by atoms with van der Waals surface area (Å²) in [5, 5.41) is -0.726. The molecule has 4 rings (SSSR count). The van der Waals surface area contributed by atoms with Crippen LogP contribution in [0.3, 0.4) is 0 Å². The molecular weight excluding hydrogens is 426 g/mol. The van der Waals surface area contributed by atoms with Crippen LogP contribution in [0.15, 0.2) is 76.2 Å². The van der Waals surface area contributed by atoms with Gasteiger partial charge in [0.15, 0.2) is 9.84 Å². The molecule has 1 fully saturated rings. The van der Waals surface area contributed by atoms with E-state index in [2.05, 4.69) is 0 Å². The lowest BCUT2D eigenvalue weighted by atomic mass is 10.1. The lowest BCUT2D eigenvalue weighted by Gasteiger charge is -2.37. The first-order valence-corrected chi connectivity index (χ1v) is 12.4. The highest BCUT2D eigenvalue weighted by atomic mass is 32.2. The summed E-state index contributed by atoms with van der Waals surface area (Å²) in [4.78, 5) is 0.140. The molecule has 0 radical (unpaired) electrons. The van der Waals surface area contributed by atoms with E-state index in [1.165, 1.54) is 10.6 Å². The zero-order chi connectivity index (χ0) is 21.4. The van der Waals surface area contributed by atoms with Crippen LogP contribution in [-0.2, 0) is 25.6 Å². The highest BCUT2D eigenvalue weighted by Gasteiger charge is 2.43. The Labute approximate surface area is 175 Å². The third kappa shape index (κ3) is 4.00. The molecule has 0 bridgehead atoms. The molecule has 9 heteroatoms. The summed E-state index contributed by atoms with van der Waals surface area (Å²) in [6, 6.07) is 17.2. The van der Waals surface area contributed by atoms with Crippen LogP contribution in [0.1, 0.15) is 5.76 Å². The number of hydrogen-bond donors (Lipinski definition) is 0. The van der Waals surface area contributed by atoms with Crippen molar-refractivity contribution in [1.82, 2.24) is 4.31 Å². The number of benzene rings is 2. The smallest absolute Gasteiger partial charge is 0.243 e. The van der Waals surface area contributed by atoms with E-state index in [-0.39, 0.29) is 23.7 Å². The fourth-order valence-corrected chi connectivity index (χ4v) is 6.62. The first-order chi connectivity index (χ1) is 14.3. The van der Waals surface area contributed by atoms with Crippen LogP contribution < -0.4 is 4.74 Å². The van der Waals surface area contributed by atoms with Crippen molar-refractivity contribution >= 4 is 19.9 Å². The molecular formula is C21H21NO6S2. The van der Waals surface area contributed by atoms with Crippen molar-refractivity contribution in [3.8, 4) is 16.9 Å². The standard InChI is InChI=1S/C21H21NO6S2/c1-27-18-8-4-16(5-9-18)17-6-10-20(11-7-17)30(25,26)22-13-21(14-22)29(23,24)15-19-3-2-12-28-19/h2-12,21H,13-15H2,1H3. The van der Waals surface area contributed by atoms with Gasteiger partial charge in [-0.3, -0.25) is 0 Å². The first-order valence-electron chi connectivity index (χ1n) is 9.28. The number of hydrogen-bond acceptors (Lipinski definition) is 6. The average molecular weight is 448 g/mol. The van der Waals surface area contributed by atoms with Gasteiger partial charge in [-0.2, -0.15) is 4.31 Å². The summed E-state index contributed by atoms with van der Waals surface area (Å²) in [7, 11) is -5.63. The minimum Gasteiger partial charge on any atom is -0.497 e. The molecule has 158 valence electrons. The van der Waals surface area contributed by atoms with Gasteiger partial charge in [0.05, 0.1) is 23.5 Å². The number of sulfonamides is 1. The second kappa shape index (κ2) is 7.90. The number of furan rings is 1. The Morgan fingerprint density at radius 3 is 2.07 bits per heavy atom. The van der Waals surface area contributed by atoms with E-state index in [1.807, 2.05) is 24.3 Å². The third-order valence-corrected chi connectivity index (χ3v) is 9.01. The molecule has 2 aromatic carbocycles. The molecule has 0 N–H and O–H groups in total. The molecule has 0 amide bonds. The van der Waals surface area contributed by atoms with Gasteiger partial charge in [0, 0.05) is 13.1 Å². The lowest BCUT2D eigenvalue weighted by Crippen LogP contribution is -2.56. The van der Waals surface area contributed by atoms with Crippen molar-refractivity contribution < 1.29 is 26.0 Å². The Hall–Kier alpha value is -2.62. The molecule has 0 saturated carbocycles. The highest BCUT2D eigenvalue weighted by Crippen LogP contribution is 2.29. The van der Waals surface area contributed by atoms with Crippen LogP contribution in [0.4, 0.5) is 0 Å². The Bertz CT molecular complexity index is 1210. The van der Waals surface area contributed by atoms with Gasteiger partial charge >= 0.3 is 0 Å². The molecule has 1 saturated heterocycles. The van der Waals surface area contributed by atoms with Gasteiger partial charge in [-0.15, -0.1) is 0 Å². The molecule has 7 nitrogen and oxygen atoms in total. The molecule has 1 aliphatic rings. The van der Waals surface area contributed by atoms with E-state index in [0.717, 1.165) is 16.9 Å². The Morgan fingerprint density at radius 1 is 0.933 bits per heavy atom. The lowest BCUT2D eigenvalue weighted by molar-refractivity contribution is 0.309. The maximum Gasteiger partial charge on any atom is 0.243 e. The molecule has 1 aromatic heterocycles. The Kier molecular flexibility index (Phi) is 5.44. The number of rotatable bonds is 7. The first kappa shape index (κ1) is 20.6. The molecule has 0 aliphatic carbocycles. The SMILES string of the molecule is COc1ccc(-c2ccc(S(=O)(=O)N3CC(S(=O)(=O)Cc4ccco4)C3)cc2)cc1. The summed E-state index contributed by atoms with van der Waals surface area (Å²) >= 11 is 0. The van der Waals surface area contributed by atoms with Crippen molar-refractivity contribution in [1.29, 1.82) is 0 Å². The van der Waals surface area contributed by atoms with Crippen LogP contribution in [0.5, 0.6) is 5.75 Å². The minimum absolute atomic E-state index is 0.0500. The quantitative estimate of drug-likeness (QED) is 0.553. The zero-order valence-corrected chi connectivity index (χ0v) is 17.9. The van der Waals surface area contributed by atoms with Crippen LogP contribution in [0.25, 0.3) is 11.1 Å². The normalized spacial score (nSPS) is 15.6. The van der Waals surface area contributed by atoms with Crippen molar-refractivity contribution in [3.63, 3.8) is 0 Å². The minimum atomic E-state index is -3.74. The van der Waals surface area contributed by atoms with Crippen molar-refractivity contribution in [2.75, 3.05) is 20.2 Å². The Balaban J connectivity index is 1.44. The molecule has 3 aromatic rings. The monoisotopic (exact) mass is 447 g/mol. The number of sulfone groups is 1. The van der Waals surface area contributed by atoms with E-state index in [0.29, 0.717) is 5.76 Å². The predicted molar refractivity (Wildman–Crippen MR) is 112 cm³/mol. The van der Waals surface area contributed by atoms with Crippen LogP contribution in [0.2, 0.25) is 0 Å². The number of nitrogens with zero attached hydrogens (tertiary/aromatic N) is 1. The second-order valence-corrected chi connectivity index (χ2v) is 11.3. The summed E-state index contributed by atoms with van der Waals surface area (Å²) in [5.41, 5.74) is 1.81. The number of ether oxygens (including phenoxy) is 1. The van der Waals surface area contributed by atoms with Gasteiger partial charge in [0.2, 0.25) is 10.0 Å². The average Bonchev–Trinajstić information content (AvgIpc) is 3.18. The van der Waals surface area contributed by atoms with E-state index >= 15 is 0 Å². The topological polar surface area (TPSA) is 93.9 Å². The second-order valence-electron chi connectivity index (χ2n) is 7.08. The van der Waals surface area contributed by atoms with Crippen molar-refractivity contribution in [3.05, 3.63) is 72.7 Å². The molecule has 2 heterocycles. The zero-order valence-electron chi connectivity index (χ0n) is 16.3. The highest BCUT2D eigenvalue weighted by molar-refractivity contribution is 7.92. The fourth-order valence-electron chi connectivity index (χ4n) is 3.29. The maximum absolute atomic E-state index is 12.8. The van der Waals surface area contributed by atoms with Crippen molar-refractivity contribution in [2.45, 2.75) is 15.9 Å². The largest absolute Gasteiger partial charge is 0.497 e. The summed E-state index contributed by atoms with van der Waals surface area (Å²) in [5.74, 6) is 0.868. The molecule has 0 spiro atoms. The van der Waals surface area contributed by atoms with Crippen molar-refractivity contribution in [2.24, 2.45) is 0 Å². The van der Waals surface area contributed by atoms with Gasteiger partial charge in [-0.1, -0.05) is 24.3 Å². The molecule has 30 heavy (non-hydrogen) atoms. The van der Waals surface area contributed by atoms with E-state index in [9.17, 15) is 16.8 Å². The van der Waals surface area contributed by atoms with Gasteiger partial charge in [-0.05, 0) is 47.5 Å². The van der Waals surface area contributed by atoms with E-state index < -0.39 is 25.1 Å².